The lowest BCUT2D eigenvalue weighted by Gasteiger charge is -2.34. The number of rotatable bonds is 5. The van der Waals surface area contributed by atoms with Crippen LogP contribution < -0.4 is 4.90 Å². The number of hydrogen-bond donors (Lipinski definition) is 0. The highest BCUT2D eigenvalue weighted by molar-refractivity contribution is 7.89. The number of hydrogen-bond acceptors (Lipinski definition) is 7. The predicted octanol–water partition coefficient (Wildman–Crippen LogP) is 3.34. The molecule has 0 radical (unpaired) electrons. The average Bonchev–Trinajstić information content (AvgIpc) is 3.22. The Balaban J connectivity index is 1.50. The molecule has 2 aromatic heterocycles. The number of anilines is 1. The van der Waals surface area contributed by atoms with Crippen LogP contribution >= 0.6 is 22.9 Å². The van der Waals surface area contributed by atoms with E-state index in [4.69, 9.17) is 11.6 Å². The molecule has 1 fully saturated rings. The lowest BCUT2D eigenvalue weighted by atomic mass is 10.2. The van der Waals surface area contributed by atoms with Gasteiger partial charge in [-0.05, 0) is 44.2 Å². The number of carbonyl (C=O) groups is 1. The highest BCUT2D eigenvalue weighted by Gasteiger charge is 2.28. The Kier molecular flexibility index (Phi) is 6.39. The van der Waals surface area contributed by atoms with Crippen LogP contribution in [0.1, 0.15) is 24.2 Å². The van der Waals surface area contributed by atoms with E-state index in [2.05, 4.69) is 14.9 Å². The Bertz CT molecular complexity index is 1220. The van der Waals surface area contributed by atoms with Gasteiger partial charge in [-0.2, -0.15) is 4.31 Å². The molecule has 3 aromatic rings. The molecule has 0 bridgehead atoms. The maximum absolute atomic E-state index is 13.2. The Morgan fingerprint density at radius 2 is 1.91 bits per heavy atom. The Labute approximate surface area is 196 Å². The van der Waals surface area contributed by atoms with E-state index in [9.17, 15) is 13.2 Å². The van der Waals surface area contributed by atoms with Gasteiger partial charge in [0.1, 0.15) is 10.3 Å². The summed E-state index contributed by atoms with van der Waals surface area (Å²) in [4.78, 5) is 26.9. The van der Waals surface area contributed by atoms with Crippen molar-refractivity contribution in [3.63, 3.8) is 0 Å². The first-order valence-corrected chi connectivity index (χ1v) is 12.9. The molecule has 1 aliphatic heterocycles. The highest BCUT2D eigenvalue weighted by Crippen LogP contribution is 2.29. The van der Waals surface area contributed by atoms with Crippen LogP contribution in [0.15, 0.2) is 41.4 Å². The Hall–Kier alpha value is -2.27. The van der Waals surface area contributed by atoms with Crippen LogP contribution in [0, 0.1) is 0 Å². The first-order chi connectivity index (χ1) is 15.2. The van der Waals surface area contributed by atoms with Crippen molar-refractivity contribution in [2.75, 3.05) is 38.1 Å². The van der Waals surface area contributed by atoms with Crippen molar-refractivity contribution in [2.24, 2.45) is 0 Å². The second kappa shape index (κ2) is 8.93. The smallest absolute Gasteiger partial charge is 0.255 e. The van der Waals surface area contributed by atoms with Crippen molar-refractivity contribution in [3.8, 4) is 0 Å². The highest BCUT2D eigenvalue weighted by atomic mass is 35.5. The number of thiazole rings is 1. The summed E-state index contributed by atoms with van der Waals surface area (Å²) < 4.78 is 27.0. The third kappa shape index (κ3) is 4.32. The number of amides is 1. The molecule has 32 heavy (non-hydrogen) atoms. The fraction of sp³-hybridized carbons (Fsp3) is 0.381. The minimum absolute atomic E-state index is 0.0575. The van der Waals surface area contributed by atoms with E-state index in [1.54, 1.807) is 24.9 Å². The Morgan fingerprint density at radius 3 is 2.56 bits per heavy atom. The van der Waals surface area contributed by atoms with Gasteiger partial charge in [0.05, 0.1) is 15.5 Å². The summed E-state index contributed by atoms with van der Waals surface area (Å²) in [6.07, 6.45) is 1.75. The molecule has 0 N–H and O–H groups in total. The van der Waals surface area contributed by atoms with Gasteiger partial charge in [-0.25, -0.2) is 18.4 Å². The minimum Gasteiger partial charge on any atom is -0.344 e. The zero-order valence-corrected chi connectivity index (χ0v) is 20.4. The number of carbonyl (C=O) groups excluding carboxylic acids is 1. The SMILES string of the molecule is CC(C)N(C)S(=O)(=O)c1ccc(Cl)c(C(=O)N2CCN(c3nc4cccnc4s3)CC2)c1. The maximum atomic E-state index is 13.2. The molecule has 0 saturated carbocycles. The largest absolute Gasteiger partial charge is 0.344 e. The molecule has 3 heterocycles. The van der Waals surface area contributed by atoms with Gasteiger partial charge in [-0.3, -0.25) is 4.79 Å². The quantitative estimate of drug-likeness (QED) is 0.541. The van der Waals surface area contributed by atoms with E-state index in [0.29, 0.717) is 26.2 Å². The topological polar surface area (TPSA) is 86.7 Å². The van der Waals surface area contributed by atoms with Gasteiger partial charge in [0.15, 0.2) is 5.13 Å². The van der Waals surface area contributed by atoms with Gasteiger partial charge in [-0.1, -0.05) is 22.9 Å². The van der Waals surface area contributed by atoms with Crippen molar-refractivity contribution in [1.29, 1.82) is 0 Å². The molecule has 8 nitrogen and oxygen atoms in total. The van der Waals surface area contributed by atoms with Crippen molar-refractivity contribution >= 4 is 54.3 Å². The lowest BCUT2D eigenvalue weighted by Crippen LogP contribution is -2.48. The van der Waals surface area contributed by atoms with Crippen molar-refractivity contribution in [1.82, 2.24) is 19.2 Å². The number of fused-ring (bicyclic) bond motifs is 1. The van der Waals surface area contributed by atoms with Crippen LogP contribution in [0.4, 0.5) is 5.13 Å². The van der Waals surface area contributed by atoms with E-state index in [-0.39, 0.29) is 27.4 Å². The third-order valence-corrected chi connectivity index (χ3v) is 8.96. The van der Waals surface area contributed by atoms with Crippen LogP contribution in [0.2, 0.25) is 5.02 Å². The second-order valence-electron chi connectivity index (χ2n) is 7.86. The zero-order valence-electron chi connectivity index (χ0n) is 18.0. The molecule has 1 amide bonds. The summed E-state index contributed by atoms with van der Waals surface area (Å²) in [5, 5.41) is 1.12. The molecule has 1 aromatic carbocycles. The van der Waals surface area contributed by atoms with Crippen LogP contribution in [-0.2, 0) is 10.0 Å². The molecule has 0 atom stereocenters. The Morgan fingerprint density at radius 1 is 1.19 bits per heavy atom. The first kappa shape index (κ1) is 22.9. The number of halogens is 1. The van der Waals surface area contributed by atoms with Gasteiger partial charge in [0.2, 0.25) is 10.0 Å². The summed E-state index contributed by atoms with van der Waals surface area (Å²) in [5.41, 5.74) is 1.06. The van der Waals surface area contributed by atoms with E-state index >= 15 is 0 Å². The normalized spacial score (nSPS) is 15.2. The van der Waals surface area contributed by atoms with Gasteiger partial charge in [-0.15, -0.1) is 0 Å². The van der Waals surface area contributed by atoms with Crippen LogP contribution in [0.5, 0.6) is 0 Å². The molecular weight excluding hydrogens is 470 g/mol. The predicted molar refractivity (Wildman–Crippen MR) is 127 cm³/mol. The number of benzene rings is 1. The fourth-order valence-electron chi connectivity index (χ4n) is 3.44. The fourth-order valence-corrected chi connectivity index (χ4v) is 5.99. The van der Waals surface area contributed by atoms with Gasteiger partial charge < -0.3 is 9.80 Å². The standard InChI is InChI=1S/C21H24ClN5O3S2/c1-14(2)25(3)32(29,30)15-6-7-17(22)16(13-15)20(28)26-9-11-27(12-10-26)21-24-18-5-4-8-23-19(18)31-21/h4-8,13-14H,9-12H2,1-3H3. The van der Waals surface area contributed by atoms with Crippen LogP contribution in [0.25, 0.3) is 10.3 Å². The zero-order chi connectivity index (χ0) is 23.0. The molecule has 0 unspecified atom stereocenters. The minimum atomic E-state index is -3.72. The van der Waals surface area contributed by atoms with Gasteiger partial charge in [0, 0.05) is 45.5 Å². The summed E-state index contributed by atoms with van der Waals surface area (Å²) in [7, 11) is -2.20. The van der Waals surface area contributed by atoms with Crippen molar-refractivity contribution in [2.45, 2.75) is 24.8 Å². The number of sulfonamides is 1. The molecule has 1 aliphatic rings. The van der Waals surface area contributed by atoms with E-state index in [1.165, 1.54) is 40.9 Å². The number of nitrogens with zero attached hydrogens (tertiary/aromatic N) is 5. The van der Waals surface area contributed by atoms with E-state index in [0.717, 1.165) is 15.5 Å². The van der Waals surface area contributed by atoms with Crippen molar-refractivity contribution < 1.29 is 13.2 Å². The lowest BCUT2D eigenvalue weighted by molar-refractivity contribution is 0.0746. The molecule has 1 saturated heterocycles. The number of pyridine rings is 1. The molecule has 170 valence electrons. The molecule has 11 heteroatoms. The molecular formula is C21H24ClN5O3S2. The molecule has 0 spiro atoms. The van der Waals surface area contributed by atoms with E-state index in [1.807, 2.05) is 12.1 Å². The van der Waals surface area contributed by atoms with Gasteiger partial charge in [0.25, 0.3) is 5.91 Å². The third-order valence-electron chi connectivity index (χ3n) is 5.56. The summed E-state index contributed by atoms with van der Waals surface area (Å²) in [5.74, 6) is -0.273. The molecule has 0 aliphatic carbocycles. The van der Waals surface area contributed by atoms with Crippen LogP contribution in [0.3, 0.4) is 0 Å². The van der Waals surface area contributed by atoms with Crippen molar-refractivity contribution in [3.05, 3.63) is 47.1 Å². The van der Waals surface area contributed by atoms with Crippen LogP contribution in [-0.4, -0.2) is 72.8 Å². The molecule has 4 rings (SSSR count). The maximum Gasteiger partial charge on any atom is 0.255 e. The summed E-state index contributed by atoms with van der Waals surface area (Å²) in [6.45, 7) is 5.80. The monoisotopic (exact) mass is 493 g/mol. The summed E-state index contributed by atoms with van der Waals surface area (Å²) in [6, 6.07) is 7.87. The van der Waals surface area contributed by atoms with E-state index < -0.39 is 10.0 Å². The average molecular weight is 494 g/mol. The second-order valence-corrected chi connectivity index (χ2v) is 11.2. The van der Waals surface area contributed by atoms with Gasteiger partial charge >= 0.3 is 0 Å². The first-order valence-electron chi connectivity index (χ1n) is 10.2. The number of piperazine rings is 1. The summed E-state index contributed by atoms with van der Waals surface area (Å²) >= 11 is 7.82. The number of aromatic nitrogens is 2.